The third-order valence-electron chi connectivity index (χ3n) is 2.72. The van der Waals surface area contributed by atoms with E-state index in [4.69, 9.17) is 32.7 Å². The Labute approximate surface area is 138 Å². The summed E-state index contributed by atoms with van der Waals surface area (Å²) in [5, 5.41) is 0.824. The molecule has 0 aliphatic rings. The summed E-state index contributed by atoms with van der Waals surface area (Å²) >= 11 is 11.9. The van der Waals surface area contributed by atoms with E-state index in [0.717, 1.165) is 0 Å². The maximum absolute atomic E-state index is 11.5. The highest BCUT2D eigenvalue weighted by Gasteiger charge is 2.19. The van der Waals surface area contributed by atoms with Gasteiger partial charge in [-0.15, -0.1) is 0 Å². The normalized spacial score (nSPS) is 11.6. The second-order valence-corrected chi connectivity index (χ2v) is 5.18. The molecule has 0 aliphatic heterocycles. The Kier molecular flexibility index (Phi) is 5.92. The zero-order valence-electron chi connectivity index (χ0n) is 11.8. The van der Waals surface area contributed by atoms with Gasteiger partial charge in [0.15, 0.2) is 0 Å². The van der Waals surface area contributed by atoms with Crippen molar-refractivity contribution < 1.29 is 19.0 Å². The second-order valence-electron chi connectivity index (χ2n) is 4.33. The number of carbonyl (C=O) groups is 1. The molecule has 6 heteroatoms. The average molecular weight is 341 g/mol. The lowest BCUT2D eigenvalue weighted by molar-refractivity contribution is -0.146. The number of hydrogen-bond donors (Lipinski definition) is 0. The van der Waals surface area contributed by atoms with E-state index < -0.39 is 12.3 Å². The molecule has 2 rings (SSSR count). The van der Waals surface area contributed by atoms with Crippen molar-refractivity contribution in [3.8, 4) is 11.5 Å². The van der Waals surface area contributed by atoms with Crippen LogP contribution in [0.15, 0.2) is 48.5 Å². The van der Waals surface area contributed by atoms with Crippen molar-refractivity contribution in [2.75, 3.05) is 7.11 Å². The predicted octanol–water partition coefficient (Wildman–Crippen LogP) is 4.34. The van der Waals surface area contributed by atoms with Gasteiger partial charge in [-0.25, -0.2) is 0 Å². The third-order valence-corrected chi connectivity index (χ3v) is 3.25. The lowest BCUT2D eigenvalue weighted by Gasteiger charge is -2.20. The van der Waals surface area contributed by atoms with Gasteiger partial charge in [-0.3, -0.25) is 4.79 Å². The number of halogens is 2. The van der Waals surface area contributed by atoms with Gasteiger partial charge in [0.1, 0.15) is 17.9 Å². The number of hydrogen-bond acceptors (Lipinski definition) is 4. The fraction of sp³-hybridized carbons (Fsp3) is 0.188. The van der Waals surface area contributed by atoms with Crippen molar-refractivity contribution in [1.82, 2.24) is 0 Å². The monoisotopic (exact) mass is 340 g/mol. The van der Waals surface area contributed by atoms with Gasteiger partial charge in [0, 0.05) is 5.02 Å². The maximum Gasteiger partial charge on any atom is 0.313 e. The van der Waals surface area contributed by atoms with E-state index in [1.807, 2.05) is 18.2 Å². The summed E-state index contributed by atoms with van der Waals surface area (Å²) in [6, 6.07) is 13.8. The first-order chi connectivity index (χ1) is 10.6. The lowest BCUT2D eigenvalue weighted by atomic mass is 10.3. The largest absolute Gasteiger partial charge is 0.469 e. The van der Waals surface area contributed by atoms with Crippen molar-refractivity contribution in [3.63, 3.8) is 0 Å². The highest BCUT2D eigenvalue weighted by Crippen LogP contribution is 2.29. The minimum absolute atomic E-state index is 0.0790. The van der Waals surface area contributed by atoms with Crippen molar-refractivity contribution >= 4 is 29.2 Å². The summed E-state index contributed by atoms with van der Waals surface area (Å²) in [6.07, 6.45) is -0.946. The first-order valence-electron chi connectivity index (χ1n) is 6.48. The van der Waals surface area contributed by atoms with Crippen LogP contribution in [0, 0.1) is 0 Å². The summed E-state index contributed by atoms with van der Waals surface area (Å²) in [7, 11) is 1.30. The molecule has 0 aliphatic carbocycles. The quantitative estimate of drug-likeness (QED) is 0.579. The van der Waals surface area contributed by atoms with Gasteiger partial charge in [0.25, 0.3) is 6.29 Å². The predicted molar refractivity (Wildman–Crippen MR) is 84.6 cm³/mol. The Bertz CT molecular complexity index is 631. The SMILES string of the molecule is COC(=O)CC(Oc1ccccc1)Oc1ccc(Cl)cc1Cl. The molecule has 0 spiro atoms. The van der Waals surface area contributed by atoms with Crippen LogP contribution in [-0.4, -0.2) is 19.4 Å². The molecule has 22 heavy (non-hydrogen) atoms. The van der Waals surface area contributed by atoms with Crippen molar-refractivity contribution in [2.45, 2.75) is 12.7 Å². The van der Waals surface area contributed by atoms with Crippen LogP contribution in [0.3, 0.4) is 0 Å². The molecule has 0 amide bonds. The molecule has 0 fully saturated rings. The van der Waals surface area contributed by atoms with Crippen LogP contribution in [0.1, 0.15) is 6.42 Å². The highest BCUT2D eigenvalue weighted by atomic mass is 35.5. The first kappa shape index (κ1) is 16.5. The number of carbonyl (C=O) groups excluding carboxylic acids is 1. The molecule has 1 unspecified atom stereocenters. The topological polar surface area (TPSA) is 44.8 Å². The number of benzene rings is 2. The van der Waals surface area contributed by atoms with Crippen LogP contribution < -0.4 is 9.47 Å². The minimum Gasteiger partial charge on any atom is -0.469 e. The molecule has 0 bridgehead atoms. The van der Waals surface area contributed by atoms with E-state index in [2.05, 4.69) is 4.74 Å². The van der Waals surface area contributed by atoms with Gasteiger partial charge >= 0.3 is 5.97 Å². The maximum atomic E-state index is 11.5. The Balaban J connectivity index is 2.14. The van der Waals surface area contributed by atoms with E-state index in [1.165, 1.54) is 7.11 Å². The van der Waals surface area contributed by atoms with Crippen molar-refractivity contribution in [1.29, 1.82) is 0 Å². The van der Waals surface area contributed by atoms with E-state index in [1.54, 1.807) is 30.3 Å². The molecular weight excluding hydrogens is 327 g/mol. The number of methoxy groups -OCH3 is 1. The summed E-state index contributed by atoms with van der Waals surface area (Å²) in [4.78, 5) is 11.5. The summed E-state index contributed by atoms with van der Waals surface area (Å²) < 4.78 is 16.0. The zero-order valence-corrected chi connectivity index (χ0v) is 13.3. The van der Waals surface area contributed by atoms with Gasteiger partial charge in [-0.2, -0.15) is 0 Å². The van der Waals surface area contributed by atoms with Gasteiger partial charge in [-0.1, -0.05) is 41.4 Å². The minimum atomic E-state index is -0.867. The first-order valence-corrected chi connectivity index (χ1v) is 7.24. The highest BCUT2D eigenvalue weighted by molar-refractivity contribution is 6.35. The van der Waals surface area contributed by atoms with Crippen LogP contribution in [0.5, 0.6) is 11.5 Å². The van der Waals surface area contributed by atoms with Crippen LogP contribution in [-0.2, 0) is 9.53 Å². The van der Waals surface area contributed by atoms with Crippen molar-refractivity contribution in [2.24, 2.45) is 0 Å². The third kappa shape index (κ3) is 4.83. The Morgan fingerprint density at radius 3 is 2.45 bits per heavy atom. The molecule has 0 saturated heterocycles. The van der Waals surface area contributed by atoms with E-state index in [-0.39, 0.29) is 6.42 Å². The molecule has 0 heterocycles. The van der Waals surface area contributed by atoms with E-state index >= 15 is 0 Å². The van der Waals surface area contributed by atoms with Crippen LogP contribution in [0.4, 0.5) is 0 Å². The second kappa shape index (κ2) is 7.92. The van der Waals surface area contributed by atoms with Gasteiger partial charge < -0.3 is 14.2 Å². The fourth-order valence-electron chi connectivity index (χ4n) is 1.69. The van der Waals surface area contributed by atoms with Crippen LogP contribution >= 0.6 is 23.2 Å². The standard InChI is InChI=1S/C16H14Cl2O4/c1-20-15(19)10-16(21-12-5-3-2-4-6-12)22-14-8-7-11(17)9-13(14)18/h2-9,16H,10H2,1H3. The Morgan fingerprint density at radius 1 is 1.09 bits per heavy atom. The molecule has 116 valence electrons. The van der Waals surface area contributed by atoms with Crippen LogP contribution in [0.2, 0.25) is 10.0 Å². The van der Waals surface area contributed by atoms with Gasteiger partial charge in [-0.05, 0) is 30.3 Å². The number of rotatable bonds is 6. The Morgan fingerprint density at radius 2 is 1.82 bits per heavy atom. The van der Waals surface area contributed by atoms with Gasteiger partial charge in [0.2, 0.25) is 0 Å². The van der Waals surface area contributed by atoms with Gasteiger partial charge in [0.05, 0.1) is 12.1 Å². The fourth-order valence-corrected chi connectivity index (χ4v) is 2.14. The van der Waals surface area contributed by atoms with Crippen molar-refractivity contribution in [3.05, 3.63) is 58.6 Å². The number of esters is 1. The molecule has 0 radical (unpaired) electrons. The summed E-state index contributed by atoms with van der Waals surface area (Å²) in [6.45, 7) is 0. The molecule has 1 atom stereocenters. The zero-order chi connectivity index (χ0) is 15.9. The van der Waals surface area contributed by atoms with Crippen LogP contribution in [0.25, 0.3) is 0 Å². The molecule has 0 aromatic heterocycles. The van der Waals surface area contributed by atoms with E-state index in [9.17, 15) is 4.79 Å². The lowest BCUT2D eigenvalue weighted by Crippen LogP contribution is -2.27. The summed E-state index contributed by atoms with van der Waals surface area (Å²) in [5.41, 5.74) is 0. The number of para-hydroxylation sites is 1. The molecule has 0 saturated carbocycles. The average Bonchev–Trinajstić information content (AvgIpc) is 2.51. The smallest absolute Gasteiger partial charge is 0.313 e. The molecule has 4 nitrogen and oxygen atoms in total. The number of ether oxygens (including phenoxy) is 3. The molecule has 0 N–H and O–H groups in total. The molecular formula is C16H14Cl2O4. The van der Waals surface area contributed by atoms with E-state index in [0.29, 0.717) is 21.5 Å². The molecule has 2 aromatic carbocycles. The molecule has 2 aromatic rings. The Hall–Kier alpha value is -1.91. The summed E-state index contributed by atoms with van der Waals surface area (Å²) in [5.74, 6) is 0.489.